The molecule has 0 N–H and O–H groups in total. The number of halogens is 1. The van der Waals surface area contributed by atoms with E-state index in [-0.39, 0.29) is 0 Å². The fourth-order valence-electron chi connectivity index (χ4n) is 5.32. The zero-order valence-corrected chi connectivity index (χ0v) is 16.3. The van der Waals surface area contributed by atoms with Gasteiger partial charge in [0.2, 0.25) is 0 Å². The number of ether oxygens (including phenoxy) is 1. The maximum atomic E-state index is 12.1. The Bertz CT molecular complexity index is 534. The van der Waals surface area contributed by atoms with Crippen molar-refractivity contribution in [2.75, 3.05) is 7.11 Å². The van der Waals surface area contributed by atoms with E-state index in [1.165, 1.54) is 68.9 Å². The van der Waals surface area contributed by atoms with Crippen molar-refractivity contribution < 1.29 is 9.13 Å². The van der Waals surface area contributed by atoms with Crippen LogP contribution in [0.15, 0.2) is 36.7 Å². The average Bonchev–Trinajstić information content (AvgIpc) is 2.70. The van der Waals surface area contributed by atoms with Gasteiger partial charge in [0.1, 0.15) is 0 Å². The van der Waals surface area contributed by atoms with Gasteiger partial charge in [-0.2, -0.15) is 0 Å². The molecule has 0 radical (unpaired) electrons. The van der Waals surface area contributed by atoms with Gasteiger partial charge in [-0.25, -0.2) is 4.39 Å². The van der Waals surface area contributed by atoms with Crippen molar-refractivity contribution in [3.05, 3.63) is 47.8 Å². The van der Waals surface area contributed by atoms with Crippen LogP contribution in [0.2, 0.25) is 0 Å². The quantitative estimate of drug-likeness (QED) is 0.502. The summed E-state index contributed by atoms with van der Waals surface area (Å²) in [6, 6.07) is 9.08. The number of rotatable bonds is 7. The molecule has 1 aromatic carbocycles. The topological polar surface area (TPSA) is 9.23 Å². The highest BCUT2D eigenvalue weighted by Crippen LogP contribution is 2.44. The van der Waals surface area contributed by atoms with Gasteiger partial charge in [0.25, 0.3) is 0 Å². The highest BCUT2D eigenvalue weighted by molar-refractivity contribution is 5.25. The molecule has 0 unspecified atom stereocenters. The summed E-state index contributed by atoms with van der Waals surface area (Å²) in [7, 11) is 1.75. The summed E-state index contributed by atoms with van der Waals surface area (Å²) in [5, 5.41) is 0. The smallest absolute Gasteiger partial charge is 0.0827 e. The van der Waals surface area contributed by atoms with Crippen molar-refractivity contribution in [2.45, 2.75) is 76.7 Å². The molecule has 1 aromatic rings. The van der Waals surface area contributed by atoms with Crippen molar-refractivity contribution in [1.29, 1.82) is 0 Å². The zero-order valence-electron chi connectivity index (χ0n) is 16.3. The molecule has 0 aliphatic heterocycles. The summed E-state index contributed by atoms with van der Waals surface area (Å²) in [4.78, 5) is 0. The Labute approximate surface area is 159 Å². The van der Waals surface area contributed by atoms with Gasteiger partial charge in [-0.15, -0.1) is 0 Å². The molecular formula is C24H35FO. The highest BCUT2D eigenvalue weighted by atomic mass is 19.1. The van der Waals surface area contributed by atoms with E-state index in [9.17, 15) is 4.39 Å². The minimum atomic E-state index is 0.704. The molecule has 2 aliphatic rings. The van der Waals surface area contributed by atoms with Gasteiger partial charge in [-0.05, 0) is 86.2 Å². The molecule has 0 amide bonds. The van der Waals surface area contributed by atoms with Crippen LogP contribution in [0.1, 0.15) is 81.3 Å². The average molecular weight is 359 g/mol. The van der Waals surface area contributed by atoms with Crippen LogP contribution in [0.4, 0.5) is 4.39 Å². The van der Waals surface area contributed by atoms with Gasteiger partial charge in [0.05, 0.1) is 12.9 Å². The molecule has 2 fully saturated rings. The van der Waals surface area contributed by atoms with Gasteiger partial charge in [-0.3, -0.25) is 0 Å². The third-order valence-electron chi connectivity index (χ3n) is 6.92. The lowest BCUT2D eigenvalue weighted by atomic mass is 9.68. The maximum Gasteiger partial charge on any atom is 0.0827 e. The van der Waals surface area contributed by atoms with Crippen molar-refractivity contribution in [1.82, 2.24) is 0 Å². The van der Waals surface area contributed by atoms with Crippen molar-refractivity contribution in [3.8, 4) is 0 Å². The van der Waals surface area contributed by atoms with Crippen LogP contribution in [0.25, 0.3) is 0 Å². The van der Waals surface area contributed by atoms with E-state index >= 15 is 0 Å². The molecule has 0 saturated heterocycles. The number of methoxy groups -OCH3 is 1. The standard InChI is InChI=1S/C24H35FO/c1-26-18-20-7-11-22(12-8-20)24-15-13-23(14-16-24)21-9-5-19(6-10-21)4-2-3-17-25/h3,7-8,11-12,17,19,21,23-24H,2,4-6,9-10,13-16,18H2,1H3/b17-3+. The summed E-state index contributed by atoms with van der Waals surface area (Å²) in [6.07, 6.45) is 15.6. The fourth-order valence-corrected chi connectivity index (χ4v) is 5.32. The van der Waals surface area contributed by atoms with E-state index in [0.717, 1.165) is 30.1 Å². The predicted octanol–water partition coefficient (Wildman–Crippen LogP) is 7.18. The van der Waals surface area contributed by atoms with Crippen LogP contribution in [-0.4, -0.2) is 7.11 Å². The molecule has 2 aliphatic carbocycles. The van der Waals surface area contributed by atoms with Crippen molar-refractivity contribution in [2.24, 2.45) is 17.8 Å². The molecular weight excluding hydrogens is 323 g/mol. The Morgan fingerprint density at radius 1 is 0.923 bits per heavy atom. The molecule has 3 rings (SSSR count). The number of hydrogen-bond acceptors (Lipinski definition) is 1. The summed E-state index contributed by atoms with van der Waals surface area (Å²) < 4.78 is 17.3. The first kappa shape index (κ1) is 19.6. The predicted molar refractivity (Wildman–Crippen MR) is 107 cm³/mol. The first-order valence-electron chi connectivity index (χ1n) is 10.6. The second-order valence-electron chi connectivity index (χ2n) is 8.51. The minimum Gasteiger partial charge on any atom is -0.380 e. The minimum absolute atomic E-state index is 0.704. The summed E-state index contributed by atoms with van der Waals surface area (Å²) in [5.41, 5.74) is 2.79. The van der Waals surface area contributed by atoms with E-state index in [4.69, 9.17) is 4.74 Å². The first-order chi connectivity index (χ1) is 12.8. The maximum absolute atomic E-state index is 12.1. The summed E-state index contributed by atoms with van der Waals surface area (Å²) >= 11 is 0. The molecule has 0 heterocycles. The SMILES string of the molecule is COCc1ccc(C2CCC(C3CCC(CC/C=C/F)CC3)CC2)cc1. The van der Waals surface area contributed by atoms with Gasteiger partial charge in [0, 0.05) is 7.11 Å². The van der Waals surface area contributed by atoms with Gasteiger partial charge < -0.3 is 4.74 Å². The molecule has 0 aromatic heterocycles. The molecule has 0 bridgehead atoms. The fraction of sp³-hybridized carbons (Fsp3) is 0.667. The van der Waals surface area contributed by atoms with E-state index in [1.54, 1.807) is 13.2 Å². The second-order valence-corrected chi connectivity index (χ2v) is 8.51. The van der Waals surface area contributed by atoms with Gasteiger partial charge in [0.15, 0.2) is 0 Å². The third kappa shape index (κ3) is 5.42. The number of benzene rings is 1. The Hall–Kier alpha value is -1.15. The lowest BCUT2D eigenvalue weighted by molar-refractivity contribution is 0.157. The lowest BCUT2D eigenvalue weighted by Gasteiger charge is -2.38. The molecule has 2 saturated carbocycles. The van der Waals surface area contributed by atoms with Crippen molar-refractivity contribution in [3.63, 3.8) is 0 Å². The summed E-state index contributed by atoms with van der Waals surface area (Å²) in [5.74, 6) is 3.50. The molecule has 2 heteroatoms. The molecule has 144 valence electrons. The Morgan fingerprint density at radius 3 is 2.12 bits per heavy atom. The molecule has 1 nitrogen and oxygen atoms in total. The Morgan fingerprint density at radius 2 is 1.54 bits per heavy atom. The molecule has 0 atom stereocenters. The number of hydrogen-bond donors (Lipinski definition) is 0. The van der Waals surface area contributed by atoms with Gasteiger partial charge >= 0.3 is 0 Å². The van der Waals surface area contributed by atoms with Crippen LogP contribution in [-0.2, 0) is 11.3 Å². The second kappa shape index (κ2) is 10.3. The summed E-state index contributed by atoms with van der Waals surface area (Å²) in [6.45, 7) is 0.708. The van der Waals surface area contributed by atoms with Gasteiger partial charge in [-0.1, -0.05) is 43.2 Å². The van der Waals surface area contributed by atoms with Crippen LogP contribution >= 0.6 is 0 Å². The van der Waals surface area contributed by atoms with Crippen molar-refractivity contribution >= 4 is 0 Å². The highest BCUT2D eigenvalue weighted by Gasteiger charge is 2.31. The van der Waals surface area contributed by atoms with E-state index in [2.05, 4.69) is 24.3 Å². The lowest BCUT2D eigenvalue weighted by Crippen LogP contribution is -2.25. The van der Waals surface area contributed by atoms with E-state index in [0.29, 0.717) is 12.9 Å². The van der Waals surface area contributed by atoms with Crippen LogP contribution in [0.5, 0.6) is 0 Å². The van der Waals surface area contributed by atoms with Crippen LogP contribution in [0, 0.1) is 17.8 Å². The normalized spacial score (nSPS) is 29.9. The number of allylic oxidation sites excluding steroid dienone is 1. The zero-order chi connectivity index (χ0) is 18.2. The first-order valence-corrected chi connectivity index (χ1v) is 10.6. The van der Waals surface area contributed by atoms with E-state index in [1.807, 2.05) is 0 Å². The molecule has 26 heavy (non-hydrogen) atoms. The largest absolute Gasteiger partial charge is 0.380 e. The van der Waals surface area contributed by atoms with Crippen LogP contribution < -0.4 is 0 Å². The Kier molecular flexibility index (Phi) is 7.73. The van der Waals surface area contributed by atoms with E-state index < -0.39 is 0 Å². The molecule has 0 spiro atoms. The third-order valence-corrected chi connectivity index (χ3v) is 6.92. The Balaban J connectivity index is 1.41. The van der Waals surface area contributed by atoms with Crippen LogP contribution in [0.3, 0.4) is 0 Å². The monoisotopic (exact) mass is 358 g/mol.